The van der Waals surface area contributed by atoms with Crippen LogP contribution in [0.1, 0.15) is 38.5 Å². The standard InChI is InChI=1S/C12H22N2O3S/c1-14(8-5-9-17-11-15)10-12(18-13-16)6-3-2-4-7-12/h11H,2-10H2,1H3. The molecule has 0 aliphatic heterocycles. The van der Waals surface area contributed by atoms with Gasteiger partial charge in [0.1, 0.15) is 0 Å². The van der Waals surface area contributed by atoms with Gasteiger partial charge in [-0.2, -0.15) is 0 Å². The zero-order valence-electron chi connectivity index (χ0n) is 11.0. The fourth-order valence-corrected chi connectivity index (χ4v) is 3.50. The molecule has 0 aromatic heterocycles. The smallest absolute Gasteiger partial charge is 0.293 e. The summed E-state index contributed by atoms with van der Waals surface area (Å²) in [4.78, 5) is 22.8. The van der Waals surface area contributed by atoms with Gasteiger partial charge in [0.25, 0.3) is 6.47 Å². The summed E-state index contributed by atoms with van der Waals surface area (Å²) >= 11 is 1.21. The minimum Gasteiger partial charge on any atom is -0.468 e. The van der Waals surface area contributed by atoms with Gasteiger partial charge in [0.15, 0.2) is 0 Å². The van der Waals surface area contributed by atoms with E-state index in [9.17, 15) is 9.70 Å². The summed E-state index contributed by atoms with van der Waals surface area (Å²) in [5, 5.41) is 0. The second-order valence-electron chi connectivity index (χ2n) is 4.97. The molecule has 1 saturated carbocycles. The molecule has 6 heteroatoms. The SMILES string of the molecule is CN(CCCOC=O)CC1(SN=O)CCCCC1. The summed E-state index contributed by atoms with van der Waals surface area (Å²) in [5.41, 5.74) is 0. The first-order valence-corrected chi connectivity index (χ1v) is 7.24. The van der Waals surface area contributed by atoms with Crippen molar-refractivity contribution in [3.63, 3.8) is 0 Å². The van der Waals surface area contributed by atoms with Crippen LogP contribution in [0.5, 0.6) is 0 Å². The Morgan fingerprint density at radius 1 is 1.39 bits per heavy atom. The Balaban J connectivity index is 2.34. The van der Waals surface area contributed by atoms with Gasteiger partial charge < -0.3 is 9.64 Å². The van der Waals surface area contributed by atoms with E-state index in [-0.39, 0.29) is 4.75 Å². The number of hydrogen-bond donors (Lipinski definition) is 0. The van der Waals surface area contributed by atoms with Crippen LogP contribution >= 0.6 is 11.9 Å². The molecule has 0 saturated heterocycles. The minimum absolute atomic E-state index is 0.000264. The van der Waals surface area contributed by atoms with Gasteiger partial charge in [-0.25, -0.2) is 0 Å². The summed E-state index contributed by atoms with van der Waals surface area (Å²) in [5.74, 6) is 0. The molecule has 1 aliphatic rings. The van der Waals surface area contributed by atoms with Gasteiger partial charge >= 0.3 is 0 Å². The molecule has 0 atom stereocenters. The van der Waals surface area contributed by atoms with Crippen molar-refractivity contribution in [3.05, 3.63) is 4.91 Å². The first kappa shape index (κ1) is 15.4. The molecule has 0 aromatic carbocycles. The lowest BCUT2D eigenvalue weighted by molar-refractivity contribution is -0.128. The minimum atomic E-state index is 0.000264. The topological polar surface area (TPSA) is 59.0 Å². The van der Waals surface area contributed by atoms with Crippen molar-refractivity contribution in [1.82, 2.24) is 4.90 Å². The van der Waals surface area contributed by atoms with E-state index in [0.717, 1.165) is 32.4 Å². The molecule has 0 radical (unpaired) electrons. The van der Waals surface area contributed by atoms with Crippen LogP contribution in [0, 0.1) is 4.91 Å². The molecule has 0 aromatic rings. The van der Waals surface area contributed by atoms with Gasteiger partial charge in [-0.1, -0.05) is 19.3 Å². The average molecular weight is 274 g/mol. The molecular weight excluding hydrogens is 252 g/mol. The normalized spacial score (nSPS) is 18.6. The number of ether oxygens (including phenoxy) is 1. The Bertz CT molecular complexity index is 258. The summed E-state index contributed by atoms with van der Waals surface area (Å²) in [7, 11) is 2.04. The van der Waals surface area contributed by atoms with E-state index in [1.165, 1.54) is 31.2 Å². The predicted octanol–water partition coefficient (Wildman–Crippen LogP) is 2.60. The maximum absolute atomic E-state index is 10.6. The molecule has 1 aliphatic carbocycles. The summed E-state index contributed by atoms with van der Waals surface area (Å²) in [6, 6.07) is 0. The van der Waals surface area contributed by atoms with Gasteiger partial charge in [0, 0.05) is 29.6 Å². The van der Waals surface area contributed by atoms with E-state index in [2.05, 4.69) is 14.2 Å². The van der Waals surface area contributed by atoms with E-state index >= 15 is 0 Å². The highest BCUT2D eigenvalue weighted by molar-refractivity contribution is 7.99. The molecule has 104 valence electrons. The van der Waals surface area contributed by atoms with Crippen molar-refractivity contribution in [2.24, 2.45) is 4.58 Å². The van der Waals surface area contributed by atoms with E-state index < -0.39 is 0 Å². The van der Waals surface area contributed by atoms with Crippen molar-refractivity contribution in [2.75, 3.05) is 26.7 Å². The lowest BCUT2D eigenvalue weighted by atomic mass is 9.88. The van der Waals surface area contributed by atoms with Crippen LogP contribution in [0.2, 0.25) is 0 Å². The second-order valence-corrected chi connectivity index (χ2v) is 6.17. The van der Waals surface area contributed by atoms with Gasteiger partial charge in [0.05, 0.1) is 11.4 Å². The molecule has 18 heavy (non-hydrogen) atoms. The zero-order chi connectivity index (χ0) is 13.3. The number of carbonyl (C=O) groups excluding carboxylic acids is 1. The highest BCUT2D eigenvalue weighted by Gasteiger charge is 2.34. The molecule has 0 amide bonds. The lowest BCUT2D eigenvalue weighted by Crippen LogP contribution is -2.40. The fraction of sp³-hybridized carbons (Fsp3) is 0.917. The van der Waals surface area contributed by atoms with Crippen LogP contribution in [-0.4, -0.2) is 42.9 Å². The first-order valence-electron chi connectivity index (χ1n) is 6.47. The van der Waals surface area contributed by atoms with Crippen LogP contribution < -0.4 is 0 Å². The molecule has 1 rings (SSSR count). The summed E-state index contributed by atoms with van der Waals surface area (Å²) in [6.07, 6.45) is 6.59. The van der Waals surface area contributed by atoms with Crippen molar-refractivity contribution < 1.29 is 9.53 Å². The van der Waals surface area contributed by atoms with Crippen LogP contribution in [0.4, 0.5) is 0 Å². The van der Waals surface area contributed by atoms with Gasteiger partial charge in [0.2, 0.25) is 0 Å². The van der Waals surface area contributed by atoms with Crippen molar-refractivity contribution in [1.29, 1.82) is 0 Å². The van der Waals surface area contributed by atoms with Crippen LogP contribution in [0.25, 0.3) is 0 Å². The summed E-state index contributed by atoms with van der Waals surface area (Å²) < 4.78 is 7.73. The molecule has 0 bridgehead atoms. The Morgan fingerprint density at radius 3 is 2.72 bits per heavy atom. The molecule has 0 spiro atoms. The van der Waals surface area contributed by atoms with Crippen LogP contribution in [0.3, 0.4) is 0 Å². The largest absolute Gasteiger partial charge is 0.468 e. The van der Waals surface area contributed by atoms with E-state index in [1.54, 1.807) is 0 Å². The fourth-order valence-electron chi connectivity index (χ4n) is 2.59. The van der Waals surface area contributed by atoms with Gasteiger partial charge in [-0.05, 0) is 26.3 Å². The second kappa shape index (κ2) is 8.48. The maximum Gasteiger partial charge on any atom is 0.293 e. The number of nitroso groups, excluding NO2 is 1. The molecule has 1 fully saturated rings. The Kier molecular flexibility index (Phi) is 7.27. The molecule has 0 heterocycles. The molecular formula is C12H22N2O3S. The lowest BCUT2D eigenvalue weighted by Gasteiger charge is -2.37. The number of hydrogen-bond acceptors (Lipinski definition) is 6. The van der Waals surface area contributed by atoms with E-state index in [0.29, 0.717) is 13.1 Å². The third kappa shape index (κ3) is 5.35. The molecule has 0 unspecified atom stereocenters. The van der Waals surface area contributed by atoms with Gasteiger partial charge in [-0.15, -0.1) is 4.91 Å². The Morgan fingerprint density at radius 2 is 2.11 bits per heavy atom. The number of rotatable bonds is 9. The Labute approximate surface area is 113 Å². The van der Waals surface area contributed by atoms with E-state index in [1.807, 2.05) is 7.05 Å². The highest BCUT2D eigenvalue weighted by Crippen LogP contribution is 2.40. The number of nitrogens with zero attached hydrogens (tertiary/aromatic N) is 2. The zero-order valence-corrected chi connectivity index (χ0v) is 11.8. The van der Waals surface area contributed by atoms with Crippen LogP contribution in [-0.2, 0) is 9.53 Å². The Hall–Kier alpha value is -0.620. The number of carbonyl (C=O) groups is 1. The predicted molar refractivity (Wildman–Crippen MR) is 73.3 cm³/mol. The molecule has 5 nitrogen and oxygen atoms in total. The summed E-state index contributed by atoms with van der Waals surface area (Å²) in [6.45, 7) is 2.69. The van der Waals surface area contributed by atoms with Gasteiger partial charge in [-0.3, -0.25) is 4.79 Å². The average Bonchev–Trinajstić information content (AvgIpc) is 2.36. The van der Waals surface area contributed by atoms with Crippen molar-refractivity contribution >= 4 is 18.4 Å². The molecule has 0 N–H and O–H groups in total. The first-order chi connectivity index (χ1) is 8.72. The highest BCUT2D eigenvalue weighted by atomic mass is 32.2. The monoisotopic (exact) mass is 274 g/mol. The van der Waals surface area contributed by atoms with Crippen molar-refractivity contribution in [2.45, 2.75) is 43.3 Å². The van der Waals surface area contributed by atoms with Crippen molar-refractivity contribution in [3.8, 4) is 0 Å². The third-order valence-electron chi connectivity index (χ3n) is 3.42. The van der Waals surface area contributed by atoms with Crippen LogP contribution in [0.15, 0.2) is 4.58 Å². The third-order valence-corrected chi connectivity index (χ3v) is 4.42. The maximum atomic E-state index is 10.6. The quantitative estimate of drug-likeness (QED) is 0.280. The van der Waals surface area contributed by atoms with E-state index in [4.69, 9.17) is 0 Å².